The Morgan fingerprint density at radius 1 is 1.68 bits per heavy atom. The molecule has 0 unspecified atom stereocenters. The predicted octanol–water partition coefficient (Wildman–Crippen LogP) is -0.0226. The minimum Gasteiger partial charge on any atom is -0.467 e. The van der Waals surface area contributed by atoms with Crippen LogP contribution in [0.1, 0.15) is 12.2 Å². The quantitative estimate of drug-likeness (QED) is 0.758. The van der Waals surface area contributed by atoms with Crippen molar-refractivity contribution in [3.63, 3.8) is 0 Å². The summed E-state index contributed by atoms with van der Waals surface area (Å²) in [6.45, 7) is 1.38. The fourth-order valence-electron chi connectivity index (χ4n) is 2.33. The van der Waals surface area contributed by atoms with Gasteiger partial charge in [-0.1, -0.05) is 0 Å². The summed E-state index contributed by atoms with van der Waals surface area (Å²) in [6, 6.07) is 3.60. The first kappa shape index (κ1) is 14.0. The zero-order valence-electron chi connectivity index (χ0n) is 11.0. The maximum absolute atomic E-state index is 11.8. The van der Waals surface area contributed by atoms with Gasteiger partial charge in [-0.3, -0.25) is 9.69 Å². The van der Waals surface area contributed by atoms with Crippen molar-refractivity contribution in [2.24, 2.45) is 0 Å². The van der Waals surface area contributed by atoms with Crippen LogP contribution in [0.5, 0.6) is 0 Å². The smallest absolute Gasteiger partial charge is 0.234 e. The van der Waals surface area contributed by atoms with Gasteiger partial charge in [0.15, 0.2) is 0 Å². The summed E-state index contributed by atoms with van der Waals surface area (Å²) in [5, 5.41) is 12.1. The molecule has 2 N–H and O–H groups in total. The van der Waals surface area contributed by atoms with Crippen LogP contribution in [-0.4, -0.2) is 54.9 Å². The number of ether oxygens (including phenoxy) is 1. The molecule has 2 heterocycles. The highest BCUT2D eigenvalue weighted by atomic mass is 16.5. The van der Waals surface area contributed by atoms with Crippen LogP contribution in [0.2, 0.25) is 0 Å². The average molecular weight is 268 g/mol. The van der Waals surface area contributed by atoms with Crippen LogP contribution >= 0.6 is 0 Å². The highest BCUT2D eigenvalue weighted by molar-refractivity contribution is 5.78. The molecular formula is C13H20N2O4. The molecule has 1 aromatic heterocycles. The molecule has 1 aromatic rings. The van der Waals surface area contributed by atoms with E-state index >= 15 is 0 Å². The molecule has 0 aliphatic carbocycles. The van der Waals surface area contributed by atoms with Gasteiger partial charge in [0.05, 0.1) is 32.1 Å². The predicted molar refractivity (Wildman–Crippen MR) is 68.4 cm³/mol. The molecule has 19 heavy (non-hydrogen) atoms. The monoisotopic (exact) mass is 268 g/mol. The van der Waals surface area contributed by atoms with Crippen LogP contribution in [0.25, 0.3) is 0 Å². The Balaban J connectivity index is 1.78. The lowest BCUT2D eigenvalue weighted by atomic mass is 10.2. The van der Waals surface area contributed by atoms with E-state index in [0.717, 1.165) is 12.2 Å². The summed E-state index contributed by atoms with van der Waals surface area (Å²) in [4.78, 5) is 13.8. The molecule has 0 saturated carbocycles. The lowest BCUT2D eigenvalue weighted by Gasteiger charge is -2.21. The summed E-state index contributed by atoms with van der Waals surface area (Å²) in [7, 11) is 1.65. The maximum atomic E-state index is 11.8. The second-order valence-corrected chi connectivity index (χ2v) is 4.72. The number of carbonyl (C=O) groups excluding carboxylic acids is 1. The van der Waals surface area contributed by atoms with Crippen molar-refractivity contribution < 1.29 is 19.1 Å². The number of methoxy groups -OCH3 is 1. The zero-order chi connectivity index (χ0) is 13.7. The van der Waals surface area contributed by atoms with Crippen LogP contribution in [0.15, 0.2) is 22.8 Å². The highest BCUT2D eigenvalue weighted by Gasteiger charge is 2.32. The molecular weight excluding hydrogens is 248 g/mol. The van der Waals surface area contributed by atoms with Crippen LogP contribution in [0, 0.1) is 0 Å². The van der Waals surface area contributed by atoms with Crippen LogP contribution in [0.4, 0.5) is 0 Å². The van der Waals surface area contributed by atoms with Crippen molar-refractivity contribution in [3.05, 3.63) is 24.2 Å². The minimum absolute atomic E-state index is 0.000636. The first-order valence-corrected chi connectivity index (χ1v) is 6.39. The molecule has 1 saturated heterocycles. The van der Waals surface area contributed by atoms with Gasteiger partial charge in [0, 0.05) is 19.7 Å². The second-order valence-electron chi connectivity index (χ2n) is 4.72. The number of carbonyl (C=O) groups is 1. The van der Waals surface area contributed by atoms with E-state index in [1.807, 2.05) is 11.0 Å². The van der Waals surface area contributed by atoms with Crippen LogP contribution in [0.3, 0.4) is 0 Å². The largest absolute Gasteiger partial charge is 0.467 e. The van der Waals surface area contributed by atoms with E-state index in [-0.39, 0.29) is 31.2 Å². The number of nitrogens with one attached hydrogen (secondary N) is 1. The Labute approximate surface area is 112 Å². The third-order valence-electron chi connectivity index (χ3n) is 3.42. The fourth-order valence-corrected chi connectivity index (χ4v) is 2.33. The van der Waals surface area contributed by atoms with Crippen molar-refractivity contribution in [2.75, 3.05) is 26.8 Å². The van der Waals surface area contributed by atoms with E-state index in [2.05, 4.69) is 5.32 Å². The number of amides is 1. The van der Waals surface area contributed by atoms with Crippen molar-refractivity contribution in [1.82, 2.24) is 10.2 Å². The molecule has 0 spiro atoms. The normalized spacial score (nSPS) is 23.7. The van der Waals surface area contributed by atoms with E-state index in [1.165, 1.54) is 0 Å². The number of nitrogens with zero attached hydrogens (tertiary/aromatic N) is 1. The van der Waals surface area contributed by atoms with Crippen molar-refractivity contribution in [1.29, 1.82) is 0 Å². The summed E-state index contributed by atoms with van der Waals surface area (Å²) >= 11 is 0. The molecule has 0 radical (unpaired) electrons. The number of aliphatic hydroxyl groups excluding tert-OH is 1. The molecule has 2 rings (SSSR count). The number of likely N-dealkylation sites (tertiary alicyclic amines) is 1. The third kappa shape index (κ3) is 3.79. The SMILES string of the molecule is CO[C@H]1C[C@@H](CO)N(CC(=O)NCc2ccco2)C1. The van der Waals surface area contributed by atoms with Crippen molar-refractivity contribution >= 4 is 5.91 Å². The molecule has 1 aliphatic rings. The van der Waals surface area contributed by atoms with E-state index in [0.29, 0.717) is 13.1 Å². The van der Waals surface area contributed by atoms with Crippen molar-refractivity contribution in [3.8, 4) is 0 Å². The van der Waals surface area contributed by atoms with E-state index in [1.54, 1.807) is 19.4 Å². The van der Waals surface area contributed by atoms with Gasteiger partial charge in [-0.15, -0.1) is 0 Å². The average Bonchev–Trinajstić information content (AvgIpc) is 3.05. The number of hydrogen-bond acceptors (Lipinski definition) is 5. The first-order chi connectivity index (χ1) is 9.22. The van der Waals surface area contributed by atoms with Gasteiger partial charge in [0.1, 0.15) is 5.76 Å². The zero-order valence-corrected chi connectivity index (χ0v) is 11.0. The standard InChI is InChI=1S/C13H20N2O4/c1-18-12-5-10(9-16)15(7-12)8-13(17)14-6-11-3-2-4-19-11/h2-4,10,12,16H,5-9H2,1H3,(H,14,17)/t10-,12-/m0/s1. The summed E-state index contributed by atoms with van der Waals surface area (Å²) in [5.41, 5.74) is 0. The Hall–Kier alpha value is -1.37. The van der Waals surface area contributed by atoms with Gasteiger partial charge in [0.25, 0.3) is 0 Å². The van der Waals surface area contributed by atoms with Gasteiger partial charge >= 0.3 is 0 Å². The lowest BCUT2D eigenvalue weighted by Crippen LogP contribution is -2.41. The number of hydrogen-bond donors (Lipinski definition) is 2. The molecule has 6 nitrogen and oxygen atoms in total. The van der Waals surface area contributed by atoms with Gasteiger partial charge in [0.2, 0.25) is 5.91 Å². The molecule has 106 valence electrons. The Morgan fingerprint density at radius 3 is 3.16 bits per heavy atom. The van der Waals surface area contributed by atoms with Gasteiger partial charge in [-0.2, -0.15) is 0 Å². The lowest BCUT2D eigenvalue weighted by molar-refractivity contribution is -0.122. The first-order valence-electron chi connectivity index (χ1n) is 6.39. The minimum atomic E-state index is -0.0772. The Kier molecular flexibility index (Phi) is 4.95. The van der Waals surface area contributed by atoms with Crippen molar-refractivity contribution in [2.45, 2.75) is 25.1 Å². The number of furan rings is 1. The summed E-state index contributed by atoms with van der Waals surface area (Å²) in [6.07, 6.45) is 2.43. The molecule has 0 bridgehead atoms. The molecule has 1 aliphatic heterocycles. The maximum Gasteiger partial charge on any atom is 0.234 e. The summed E-state index contributed by atoms with van der Waals surface area (Å²) in [5.74, 6) is 0.648. The molecule has 6 heteroatoms. The third-order valence-corrected chi connectivity index (χ3v) is 3.42. The van der Waals surface area contributed by atoms with Crippen LogP contribution in [-0.2, 0) is 16.1 Å². The fraction of sp³-hybridized carbons (Fsp3) is 0.615. The van der Waals surface area contributed by atoms with E-state index in [4.69, 9.17) is 9.15 Å². The summed E-state index contributed by atoms with van der Waals surface area (Å²) < 4.78 is 10.4. The molecule has 0 aromatic carbocycles. The second kappa shape index (κ2) is 6.70. The van der Waals surface area contributed by atoms with E-state index < -0.39 is 0 Å². The van der Waals surface area contributed by atoms with Gasteiger partial charge in [-0.25, -0.2) is 0 Å². The Bertz CT molecular complexity index is 393. The van der Waals surface area contributed by atoms with Gasteiger partial charge < -0.3 is 19.6 Å². The van der Waals surface area contributed by atoms with Gasteiger partial charge in [-0.05, 0) is 18.6 Å². The topological polar surface area (TPSA) is 74.9 Å². The Morgan fingerprint density at radius 2 is 2.53 bits per heavy atom. The molecule has 1 amide bonds. The van der Waals surface area contributed by atoms with E-state index in [9.17, 15) is 9.90 Å². The number of aliphatic hydroxyl groups is 1. The highest BCUT2D eigenvalue weighted by Crippen LogP contribution is 2.18. The van der Waals surface area contributed by atoms with Crippen LogP contribution < -0.4 is 5.32 Å². The molecule has 1 fully saturated rings. The number of rotatable bonds is 6. The molecule has 2 atom stereocenters.